The van der Waals surface area contributed by atoms with Gasteiger partial charge in [-0.25, -0.2) is 13.8 Å². The zero-order chi connectivity index (χ0) is 22.4. The maximum atomic E-state index is 13.4. The van der Waals surface area contributed by atoms with Crippen molar-refractivity contribution in [1.29, 1.82) is 5.41 Å². The highest BCUT2D eigenvalue weighted by molar-refractivity contribution is 6.08. The second-order valence-corrected chi connectivity index (χ2v) is 6.79. The van der Waals surface area contributed by atoms with Crippen LogP contribution in [-0.4, -0.2) is 44.7 Å². The molecule has 1 atom stereocenters. The number of pyridine rings is 1. The molecule has 3 N–H and O–H groups in total. The van der Waals surface area contributed by atoms with Gasteiger partial charge in [0.25, 0.3) is 5.91 Å². The number of aryl methyl sites for hydroxylation is 1. The Kier molecular flexibility index (Phi) is 6.81. The number of allylic oxidation sites excluding steroid dienone is 1. The molecule has 2 heterocycles. The van der Waals surface area contributed by atoms with Crippen LogP contribution in [0.1, 0.15) is 28.7 Å². The Morgan fingerprint density at radius 3 is 2.61 bits per heavy atom. The van der Waals surface area contributed by atoms with E-state index in [9.17, 15) is 13.6 Å². The number of nitrogens with one attached hydrogen (secondary N) is 3. The molecule has 0 spiro atoms. The molecule has 0 radical (unpaired) electrons. The number of carbonyl (C=O) groups excluding carboxylic acids is 1. The fourth-order valence-electron chi connectivity index (χ4n) is 2.79. The topological polar surface area (TPSA) is 109 Å². The highest BCUT2D eigenvalue weighted by Gasteiger charge is 2.18. The van der Waals surface area contributed by atoms with E-state index in [1.807, 2.05) is 0 Å². The van der Waals surface area contributed by atoms with E-state index in [2.05, 4.69) is 25.8 Å². The molecule has 2 aromatic heterocycles. The standard InChI is InChI=1S/C21H21F2N7O/c1-13-3-6-19(30-26-7-8-27-30)20(28-13)21(31)29-14(2)11-25-12-16(10-24)15-4-5-17(22)18(23)9-15/h3-10,12,14,24-25H,11H2,1-2H3,(H,29,31)/b16-12+,24-10?/t14-/m0/s1. The summed E-state index contributed by atoms with van der Waals surface area (Å²) in [6.45, 7) is 3.90. The molecule has 1 amide bonds. The van der Waals surface area contributed by atoms with E-state index in [4.69, 9.17) is 5.41 Å². The van der Waals surface area contributed by atoms with Gasteiger partial charge in [-0.2, -0.15) is 10.2 Å². The van der Waals surface area contributed by atoms with E-state index in [-0.39, 0.29) is 17.6 Å². The smallest absolute Gasteiger partial charge is 0.272 e. The van der Waals surface area contributed by atoms with Gasteiger partial charge in [0, 0.05) is 36.3 Å². The molecule has 0 aliphatic rings. The second kappa shape index (κ2) is 9.70. The van der Waals surface area contributed by atoms with E-state index in [1.54, 1.807) is 26.0 Å². The third-order valence-corrected chi connectivity index (χ3v) is 4.33. The van der Waals surface area contributed by atoms with Gasteiger partial charge in [-0.15, -0.1) is 4.80 Å². The minimum absolute atomic E-state index is 0.195. The van der Waals surface area contributed by atoms with Crippen molar-refractivity contribution >= 4 is 17.7 Å². The first kappa shape index (κ1) is 21.8. The van der Waals surface area contributed by atoms with Crippen LogP contribution in [0, 0.1) is 24.0 Å². The molecule has 3 aromatic rings. The van der Waals surface area contributed by atoms with Crippen molar-refractivity contribution in [2.75, 3.05) is 6.54 Å². The van der Waals surface area contributed by atoms with E-state index >= 15 is 0 Å². The monoisotopic (exact) mass is 425 g/mol. The largest absolute Gasteiger partial charge is 0.388 e. The molecule has 0 fully saturated rings. The van der Waals surface area contributed by atoms with Crippen molar-refractivity contribution in [3.05, 3.63) is 77.5 Å². The van der Waals surface area contributed by atoms with Gasteiger partial charge in [-0.3, -0.25) is 4.79 Å². The second-order valence-electron chi connectivity index (χ2n) is 6.79. The van der Waals surface area contributed by atoms with Crippen molar-refractivity contribution in [2.45, 2.75) is 19.9 Å². The van der Waals surface area contributed by atoms with Crippen LogP contribution >= 0.6 is 0 Å². The number of hydrogen-bond acceptors (Lipinski definition) is 6. The molecule has 31 heavy (non-hydrogen) atoms. The highest BCUT2D eigenvalue weighted by atomic mass is 19.2. The number of carbonyl (C=O) groups is 1. The predicted molar refractivity (Wildman–Crippen MR) is 112 cm³/mol. The third kappa shape index (κ3) is 5.35. The number of benzene rings is 1. The number of halogens is 2. The molecule has 0 bridgehead atoms. The van der Waals surface area contributed by atoms with E-state index < -0.39 is 11.6 Å². The first-order valence-electron chi connectivity index (χ1n) is 9.43. The average molecular weight is 425 g/mol. The van der Waals surface area contributed by atoms with Gasteiger partial charge >= 0.3 is 0 Å². The van der Waals surface area contributed by atoms with Crippen LogP contribution in [0.25, 0.3) is 11.3 Å². The Bertz CT molecular complexity index is 1110. The quantitative estimate of drug-likeness (QED) is 0.481. The number of rotatable bonds is 8. The van der Waals surface area contributed by atoms with Crippen molar-refractivity contribution < 1.29 is 13.6 Å². The van der Waals surface area contributed by atoms with Crippen LogP contribution < -0.4 is 10.6 Å². The minimum Gasteiger partial charge on any atom is -0.388 e. The average Bonchev–Trinajstić information content (AvgIpc) is 3.28. The molecule has 160 valence electrons. The van der Waals surface area contributed by atoms with Gasteiger partial charge in [-0.1, -0.05) is 6.07 Å². The normalized spacial score (nSPS) is 12.3. The SMILES string of the molecule is Cc1ccc(-n2nccn2)c(C(=O)N[C@@H](C)CN/C=C(\C=N)c2ccc(F)c(F)c2)n1. The van der Waals surface area contributed by atoms with Crippen LogP contribution in [0.15, 0.2) is 48.9 Å². The van der Waals surface area contributed by atoms with Crippen molar-refractivity contribution in [1.82, 2.24) is 30.6 Å². The van der Waals surface area contributed by atoms with Gasteiger partial charge in [0.05, 0.1) is 12.4 Å². The zero-order valence-electron chi connectivity index (χ0n) is 16.9. The summed E-state index contributed by atoms with van der Waals surface area (Å²) in [4.78, 5) is 18.4. The molecule has 0 unspecified atom stereocenters. The highest BCUT2D eigenvalue weighted by Crippen LogP contribution is 2.15. The molecule has 10 heteroatoms. The van der Waals surface area contributed by atoms with Crippen LogP contribution in [0.3, 0.4) is 0 Å². The summed E-state index contributed by atoms with van der Waals surface area (Å²) in [7, 11) is 0. The number of hydrogen-bond donors (Lipinski definition) is 3. The molecule has 0 aliphatic carbocycles. The van der Waals surface area contributed by atoms with Crippen LogP contribution in [0.2, 0.25) is 0 Å². The van der Waals surface area contributed by atoms with Crippen LogP contribution in [-0.2, 0) is 0 Å². The van der Waals surface area contributed by atoms with Crippen LogP contribution in [0.4, 0.5) is 8.78 Å². The van der Waals surface area contributed by atoms with Crippen molar-refractivity contribution in [3.8, 4) is 5.69 Å². The lowest BCUT2D eigenvalue weighted by Crippen LogP contribution is -2.39. The maximum Gasteiger partial charge on any atom is 0.272 e. The Balaban J connectivity index is 1.66. The number of amides is 1. The van der Waals surface area contributed by atoms with Crippen molar-refractivity contribution in [3.63, 3.8) is 0 Å². The van der Waals surface area contributed by atoms with Gasteiger partial charge in [0.2, 0.25) is 0 Å². The van der Waals surface area contributed by atoms with Gasteiger partial charge in [0.15, 0.2) is 17.3 Å². The molecule has 8 nitrogen and oxygen atoms in total. The summed E-state index contributed by atoms with van der Waals surface area (Å²) in [5.74, 6) is -2.33. The summed E-state index contributed by atoms with van der Waals surface area (Å²) in [6.07, 6.45) is 5.55. The Hall–Kier alpha value is -3.95. The van der Waals surface area contributed by atoms with Gasteiger partial charge in [-0.05, 0) is 43.7 Å². The Labute approximate surface area is 177 Å². The summed E-state index contributed by atoms with van der Waals surface area (Å²) >= 11 is 0. The molecule has 0 saturated heterocycles. The Morgan fingerprint density at radius 2 is 1.94 bits per heavy atom. The molecular weight excluding hydrogens is 404 g/mol. The lowest BCUT2D eigenvalue weighted by atomic mass is 10.1. The maximum absolute atomic E-state index is 13.4. The minimum atomic E-state index is -0.987. The summed E-state index contributed by atoms with van der Waals surface area (Å²) in [5.41, 5.74) is 2.05. The van der Waals surface area contributed by atoms with Crippen molar-refractivity contribution in [2.24, 2.45) is 0 Å². The zero-order valence-corrected chi connectivity index (χ0v) is 16.9. The fourth-order valence-corrected chi connectivity index (χ4v) is 2.79. The van der Waals surface area contributed by atoms with E-state index in [1.165, 1.54) is 29.5 Å². The first-order chi connectivity index (χ1) is 14.9. The fraction of sp³-hybridized carbons (Fsp3) is 0.190. The van der Waals surface area contributed by atoms with E-state index in [0.29, 0.717) is 29.1 Å². The summed E-state index contributed by atoms with van der Waals surface area (Å²) in [5, 5.41) is 21.4. The first-order valence-corrected chi connectivity index (χ1v) is 9.43. The summed E-state index contributed by atoms with van der Waals surface area (Å²) < 4.78 is 26.5. The van der Waals surface area contributed by atoms with Gasteiger partial charge < -0.3 is 16.0 Å². The molecule has 0 saturated carbocycles. The molecule has 3 rings (SSSR count). The number of nitrogens with zero attached hydrogens (tertiary/aromatic N) is 4. The molecular formula is C21H21F2N7O. The lowest BCUT2D eigenvalue weighted by molar-refractivity contribution is 0.0934. The third-order valence-electron chi connectivity index (χ3n) is 4.33. The lowest BCUT2D eigenvalue weighted by Gasteiger charge is -2.15. The molecule has 1 aromatic carbocycles. The van der Waals surface area contributed by atoms with Gasteiger partial charge in [0.1, 0.15) is 5.69 Å². The van der Waals surface area contributed by atoms with E-state index in [0.717, 1.165) is 18.3 Å². The number of aromatic nitrogens is 4. The predicted octanol–water partition coefficient (Wildman–Crippen LogP) is 2.65. The Morgan fingerprint density at radius 1 is 1.19 bits per heavy atom. The molecule has 0 aliphatic heterocycles. The summed E-state index contributed by atoms with van der Waals surface area (Å²) in [6, 6.07) is 6.60. The van der Waals surface area contributed by atoms with Crippen LogP contribution in [0.5, 0.6) is 0 Å².